The lowest BCUT2D eigenvalue weighted by Gasteiger charge is -2.24. The molecule has 2 heteroatoms. The van der Waals surface area contributed by atoms with Crippen LogP contribution in [0.15, 0.2) is 30.3 Å². The summed E-state index contributed by atoms with van der Waals surface area (Å²) in [6.07, 6.45) is 9.29. The Morgan fingerprint density at radius 3 is 2.44 bits per heavy atom. The van der Waals surface area contributed by atoms with Crippen molar-refractivity contribution >= 4 is 6.08 Å². The van der Waals surface area contributed by atoms with Crippen LogP contribution in [0.1, 0.15) is 30.4 Å². The van der Waals surface area contributed by atoms with Crippen molar-refractivity contribution in [2.45, 2.75) is 25.7 Å². The Bertz CT molecular complexity index is 363. The molecule has 1 fully saturated rings. The minimum atomic E-state index is 0.226. The Morgan fingerprint density at radius 2 is 1.78 bits per heavy atom. The second-order valence-corrected chi connectivity index (χ2v) is 4.98. The van der Waals surface area contributed by atoms with Crippen molar-refractivity contribution in [1.29, 1.82) is 0 Å². The molecule has 0 radical (unpaired) electrons. The van der Waals surface area contributed by atoms with Crippen molar-refractivity contribution in [3.63, 3.8) is 0 Å². The van der Waals surface area contributed by atoms with Gasteiger partial charge < -0.3 is 5.11 Å². The summed E-state index contributed by atoms with van der Waals surface area (Å²) in [6.45, 7) is 3.79. The molecule has 1 N–H and O–H groups in total. The zero-order chi connectivity index (χ0) is 12.6. The first-order valence-corrected chi connectivity index (χ1v) is 6.97. The van der Waals surface area contributed by atoms with Gasteiger partial charge in [-0.2, -0.15) is 0 Å². The van der Waals surface area contributed by atoms with Crippen molar-refractivity contribution in [3.8, 4) is 0 Å². The molecule has 2 rings (SSSR count). The Labute approximate surface area is 110 Å². The maximum absolute atomic E-state index is 8.86. The summed E-state index contributed by atoms with van der Waals surface area (Å²) in [7, 11) is 0. The molecule has 0 spiro atoms. The number of rotatable bonds is 5. The van der Waals surface area contributed by atoms with E-state index in [1.165, 1.54) is 43.5 Å². The molecule has 1 aliphatic heterocycles. The van der Waals surface area contributed by atoms with Gasteiger partial charge in [0.25, 0.3) is 0 Å². The standard InChI is InChI=1S/C16H23NO/c18-14-10-16-8-6-15(7-9-16)5-4-13-17-11-2-1-3-12-17/h4-9,18H,1-3,10-14H2/b5-4+. The quantitative estimate of drug-likeness (QED) is 0.862. The molecule has 0 unspecified atom stereocenters. The molecule has 18 heavy (non-hydrogen) atoms. The van der Waals surface area contributed by atoms with E-state index in [0.29, 0.717) is 0 Å². The van der Waals surface area contributed by atoms with Gasteiger partial charge in [0.15, 0.2) is 0 Å². The highest BCUT2D eigenvalue weighted by Gasteiger charge is 2.07. The first kappa shape index (κ1) is 13.3. The van der Waals surface area contributed by atoms with Crippen LogP contribution < -0.4 is 0 Å². The van der Waals surface area contributed by atoms with Gasteiger partial charge in [-0.1, -0.05) is 42.8 Å². The van der Waals surface area contributed by atoms with Crippen LogP contribution in [0.5, 0.6) is 0 Å². The van der Waals surface area contributed by atoms with Gasteiger partial charge in [-0.05, 0) is 43.5 Å². The fraction of sp³-hybridized carbons (Fsp3) is 0.500. The van der Waals surface area contributed by atoms with Crippen molar-refractivity contribution < 1.29 is 5.11 Å². The van der Waals surface area contributed by atoms with E-state index in [4.69, 9.17) is 5.11 Å². The third kappa shape index (κ3) is 4.28. The zero-order valence-electron chi connectivity index (χ0n) is 11.0. The fourth-order valence-corrected chi connectivity index (χ4v) is 2.40. The Morgan fingerprint density at radius 1 is 1.06 bits per heavy atom. The highest BCUT2D eigenvalue weighted by atomic mass is 16.2. The van der Waals surface area contributed by atoms with Crippen LogP contribution in [0.4, 0.5) is 0 Å². The second kappa shape index (κ2) is 7.34. The minimum Gasteiger partial charge on any atom is -0.396 e. The molecule has 0 aromatic heterocycles. The number of hydrogen-bond donors (Lipinski definition) is 1. The zero-order valence-corrected chi connectivity index (χ0v) is 11.0. The van der Waals surface area contributed by atoms with Crippen molar-refractivity contribution in [1.82, 2.24) is 4.90 Å². The molecule has 1 aromatic carbocycles. The second-order valence-electron chi connectivity index (χ2n) is 4.98. The third-order valence-corrected chi connectivity index (χ3v) is 3.50. The predicted molar refractivity (Wildman–Crippen MR) is 76.6 cm³/mol. The molecule has 1 aromatic rings. The lowest BCUT2D eigenvalue weighted by atomic mass is 10.1. The van der Waals surface area contributed by atoms with E-state index >= 15 is 0 Å². The maximum Gasteiger partial charge on any atom is 0.0471 e. The van der Waals surface area contributed by atoms with Gasteiger partial charge in [0.2, 0.25) is 0 Å². The molecular formula is C16H23NO. The van der Waals surface area contributed by atoms with E-state index in [-0.39, 0.29) is 6.61 Å². The van der Waals surface area contributed by atoms with Crippen LogP contribution >= 0.6 is 0 Å². The highest BCUT2D eigenvalue weighted by molar-refractivity contribution is 5.49. The normalized spacial score (nSPS) is 17.4. The van der Waals surface area contributed by atoms with E-state index in [2.05, 4.69) is 41.3 Å². The van der Waals surface area contributed by atoms with Gasteiger partial charge in [-0.3, -0.25) is 4.90 Å². The fourth-order valence-electron chi connectivity index (χ4n) is 2.40. The van der Waals surface area contributed by atoms with Crippen LogP contribution in [-0.4, -0.2) is 36.2 Å². The Kier molecular flexibility index (Phi) is 5.43. The van der Waals surface area contributed by atoms with Gasteiger partial charge in [0.1, 0.15) is 0 Å². The van der Waals surface area contributed by atoms with Gasteiger partial charge in [-0.25, -0.2) is 0 Å². The Balaban J connectivity index is 1.80. The van der Waals surface area contributed by atoms with E-state index in [0.717, 1.165) is 13.0 Å². The summed E-state index contributed by atoms with van der Waals surface area (Å²) < 4.78 is 0. The number of benzene rings is 1. The van der Waals surface area contributed by atoms with Crippen molar-refractivity contribution in [2.24, 2.45) is 0 Å². The molecule has 0 amide bonds. The van der Waals surface area contributed by atoms with Crippen LogP contribution in [0, 0.1) is 0 Å². The lowest BCUT2D eigenvalue weighted by Crippen LogP contribution is -2.29. The molecule has 0 bridgehead atoms. The van der Waals surface area contributed by atoms with E-state index in [1.807, 2.05) is 0 Å². The number of nitrogens with zero attached hydrogens (tertiary/aromatic N) is 1. The molecular weight excluding hydrogens is 222 g/mol. The molecule has 2 nitrogen and oxygen atoms in total. The largest absolute Gasteiger partial charge is 0.396 e. The van der Waals surface area contributed by atoms with E-state index in [9.17, 15) is 0 Å². The molecule has 0 saturated carbocycles. The third-order valence-electron chi connectivity index (χ3n) is 3.50. The topological polar surface area (TPSA) is 23.5 Å². The summed E-state index contributed by atoms with van der Waals surface area (Å²) in [5, 5.41) is 8.86. The van der Waals surface area contributed by atoms with Crippen LogP contribution in [0.3, 0.4) is 0 Å². The van der Waals surface area contributed by atoms with Crippen molar-refractivity contribution in [3.05, 3.63) is 41.5 Å². The maximum atomic E-state index is 8.86. The Hall–Kier alpha value is -1.12. The number of aliphatic hydroxyl groups excluding tert-OH is 1. The van der Waals surface area contributed by atoms with Crippen LogP contribution in [0.2, 0.25) is 0 Å². The highest BCUT2D eigenvalue weighted by Crippen LogP contribution is 2.10. The minimum absolute atomic E-state index is 0.226. The molecule has 0 aliphatic carbocycles. The van der Waals surface area contributed by atoms with Crippen molar-refractivity contribution in [2.75, 3.05) is 26.2 Å². The predicted octanol–water partition coefficient (Wildman–Crippen LogP) is 2.72. The van der Waals surface area contributed by atoms with E-state index < -0.39 is 0 Å². The molecule has 98 valence electrons. The molecule has 1 heterocycles. The summed E-state index contributed by atoms with van der Waals surface area (Å²) in [4.78, 5) is 2.51. The average Bonchev–Trinajstić information content (AvgIpc) is 2.42. The molecule has 1 aliphatic rings. The summed E-state index contributed by atoms with van der Waals surface area (Å²) in [5.41, 5.74) is 2.44. The van der Waals surface area contributed by atoms with Gasteiger partial charge in [0, 0.05) is 13.2 Å². The van der Waals surface area contributed by atoms with Gasteiger partial charge >= 0.3 is 0 Å². The number of aliphatic hydroxyl groups is 1. The smallest absolute Gasteiger partial charge is 0.0471 e. The lowest BCUT2D eigenvalue weighted by molar-refractivity contribution is 0.252. The molecule has 1 saturated heterocycles. The first-order chi connectivity index (χ1) is 8.88. The number of hydrogen-bond acceptors (Lipinski definition) is 2. The SMILES string of the molecule is OCCc1ccc(/C=C/CN2CCCCC2)cc1. The van der Waals surface area contributed by atoms with E-state index in [1.54, 1.807) is 0 Å². The summed E-state index contributed by atoms with van der Waals surface area (Å²) in [5.74, 6) is 0. The summed E-state index contributed by atoms with van der Waals surface area (Å²) in [6, 6.07) is 8.43. The molecule has 0 atom stereocenters. The monoisotopic (exact) mass is 245 g/mol. The van der Waals surface area contributed by atoms with Gasteiger partial charge in [0.05, 0.1) is 0 Å². The number of likely N-dealkylation sites (tertiary alicyclic amines) is 1. The van der Waals surface area contributed by atoms with Crippen LogP contribution in [-0.2, 0) is 6.42 Å². The van der Waals surface area contributed by atoms with Gasteiger partial charge in [-0.15, -0.1) is 0 Å². The average molecular weight is 245 g/mol. The number of piperidine rings is 1. The van der Waals surface area contributed by atoms with Crippen LogP contribution in [0.25, 0.3) is 6.08 Å². The first-order valence-electron chi connectivity index (χ1n) is 6.97. The summed E-state index contributed by atoms with van der Waals surface area (Å²) >= 11 is 0.